The molecule has 1 fully saturated rings. The molecule has 1 aliphatic heterocycles. The molecule has 1 aromatic rings. The van der Waals surface area contributed by atoms with Gasteiger partial charge >= 0.3 is 0 Å². The molecule has 1 aromatic carbocycles. The predicted octanol–water partition coefficient (Wildman–Crippen LogP) is 0.510. The van der Waals surface area contributed by atoms with Gasteiger partial charge in [0.25, 0.3) is 5.91 Å². The smallest absolute Gasteiger partial charge is 0.267 e. The van der Waals surface area contributed by atoms with Crippen LogP contribution >= 0.6 is 23.2 Å². The number of aliphatic hydroxyl groups is 1. The zero-order valence-electron chi connectivity index (χ0n) is 9.52. The Bertz CT molecular complexity index is 523. The molecule has 19 heavy (non-hydrogen) atoms. The van der Waals surface area contributed by atoms with Gasteiger partial charge in [-0.3, -0.25) is 9.59 Å². The van der Waals surface area contributed by atoms with E-state index in [-0.39, 0.29) is 22.3 Å². The van der Waals surface area contributed by atoms with Crippen molar-refractivity contribution in [1.82, 2.24) is 10.8 Å². The van der Waals surface area contributed by atoms with E-state index in [0.29, 0.717) is 0 Å². The van der Waals surface area contributed by atoms with Gasteiger partial charge in [-0.2, -0.15) is 5.48 Å². The van der Waals surface area contributed by atoms with Gasteiger partial charge in [0.05, 0.1) is 11.1 Å². The number of rotatable bonds is 3. The Hall–Kier alpha value is -1.50. The van der Waals surface area contributed by atoms with Crippen molar-refractivity contribution in [3.8, 4) is 5.75 Å². The average Bonchev–Trinajstić information content (AvgIpc) is 2.71. The number of aliphatic hydroxyl groups excluding tert-OH is 1. The summed E-state index contributed by atoms with van der Waals surface area (Å²) >= 11 is 11.6. The third-order valence-electron chi connectivity index (χ3n) is 2.61. The number of nitrogens with one attached hydrogen (secondary N) is 2. The third kappa shape index (κ3) is 2.91. The van der Waals surface area contributed by atoms with Gasteiger partial charge in [0.2, 0.25) is 5.91 Å². The fraction of sp³-hybridized carbons (Fsp3) is 0.273. The van der Waals surface area contributed by atoms with Crippen molar-refractivity contribution in [2.75, 3.05) is 6.54 Å². The van der Waals surface area contributed by atoms with Crippen molar-refractivity contribution in [1.29, 1.82) is 0 Å². The van der Waals surface area contributed by atoms with Crippen molar-refractivity contribution in [2.24, 2.45) is 5.92 Å². The first-order valence-electron chi connectivity index (χ1n) is 5.37. The van der Waals surface area contributed by atoms with Crippen molar-refractivity contribution in [3.05, 3.63) is 28.2 Å². The molecule has 2 rings (SSSR count). The Labute approximate surface area is 118 Å². The lowest BCUT2D eigenvalue weighted by Crippen LogP contribution is -2.40. The highest BCUT2D eigenvalue weighted by Crippen LogP contribution is 2.30. The fourth-order valence-corrected chi connectivity index (χ4v) is 1.96. The minimum absolute atomic E-state index is 0.0365. The highest BCUT2D eigenvalue weighted by Gasteiger charge is 2.39. The molecule has 0 radical (unpaired) electrons. The maximum Gasteiger partial charge on any atom is 0.267 e. The number of carbonyl (C=O) groups excluding carboxylic acids is 2. The summed E-state index contributed by atoms with van der Waals surface area (Å²) in [6, 6.07) is 4.65. The molecule has 2 amide bonds. The Morgan fingerprint density at radius 1 is 1.47 bits per heavy atom. The molecule has 0 saturated carbocycles. The molecule has 0 spiro atoms. The molecule has 8 heteroatoms. The lowest BCUT2D eigenvalue weighted by atomic mass is 10.1. The van der Waals surface area contributed by atoms with Gasteiger partial charge in [0.15, 0.2) is 5.75 Å². The normalized spacial score (nSPS) is 21.9. The van der Waals surface area contributed by atoms with Crippen LogP contribution in [-0.4, -0.2) is 29.6 Å². The molecule has 0 bridgehead atoms. The zero-order valence-corrected chi connectivity index (χ0v) is 11.0. The van der Waals surface area contributed by atoms with E-state index in [1.807, 2.05) is 0 Å². The average molecular weight is 305 g/mol. The number of amides is 2. The number of carbonyl (C=O) groups is 2. The van der Waals surface area contributed by atoms with Crippen LogP contribution in [0.4, 0.5) is 0 Å². The molecule has 0 aliphatic carbocycles. The maximum absolute atomic E-state index is 11.7. The number of β-amino-alcohol motifs (C(OH)–C–C–N with tert-alkyl or cyclic N) is 1. The van der Waals surface area contributed by atoms with E-state index < -0.39 is 23.8 Å². The number of halogens is 2. The lowest BCUT2D eigenvalue weighted by molar-refractivity contribution is -0.140. The van der Waals surface area contributed by atoms with E-state index in [9.17, 15) is 14.7 Å². The monoisotopic (exact) mass is 304 g/mol. The molecule has 2 unspecified atom stereocenters. The van der Waals surface area contributed by atoms with E-state index in [0.717, 1.165) is 0 Å². The Kier molecular flexibility index (Phi) is 4.14. The summed E-state index contributed by atoms with van der Waals surface area (Å²) < 4.78 is 0. The summed E-state index contributed by atoms with van der Waals surface area (Å²) in [5.74, 6) is -2.35. The van der Waals surface area contributed by atoms with Crippen LogP contribution in [0.5, 0.6) is 5.75 Å². The molecule has 6 nitrogen and oxygen atoms in total. The summed E-state index contributed by atoms with van der Waals surface area (Å²) in [5, 5.41) is 12.3. The molecule has 1 heterocycles. The molecular formula is C11H10Cl2N2O4. The maximum atomic E-state index is 11.7. The molecule has 3 N–H and O–H groups in total. The largest absolute Gasteiger partial charge is 0.390 e. The Morgan fingerprint density at radius 2 is 2.21 bits per heavy atom. The quantitative estimate of drug-likeness (QED) is 0.561. The first-order chi connectivity index (χ1) is 9.00. The van der Waals surface area contributed by atoms with Gasteiger partial charge in [-0.25, -0.2) is 0 Å². The van der Waals surface area contributed by atoms with Gasteiger partial charge in [-0.15, -0.1) is 0 Å². The first-order valence-corrected chi connectivity index (χ1v) is 6.13. The van der Waals surface area contributed by atoms with Crippen LogP contribution in [0.1, 0.15) is 0 Å². The zero-order chi connectivity index (χ0) is 14.0. The van der Waals surface area contributed by atoms with Gasteiger partial charge in [0.1, 0.15) is 10.9 Å². The topological polar surface area (TPSA) is 87.7 Å². The van der Waals surface area contributed by atoms with Crippen molar-refractivity contribution in [2.45, 2.75) is 6.10 Å². The van der Waals surface area contributed by atoms with E-state index in [1.54, 1.807) is 12.1 Å². The highest BCUT2D eigenvalue weighted by atomic mass is 35.5. The van der Waals surface area contributed by atoms with Crippen LogP contribution in [0.3, 0.4) is 0 Å². The Morgan fingerprint density at radius 3 is 2.84 bits per heavy atom. The summed E-state index contributed by atoms with van der Waals surface area (Å²) in [4.78, 5) is 28.0. The van der Waals surface area contributed by atoms with Gasteiger partial charge in [-0.1, -0.05) is 29.3 Å². The molecule has 2 atom stereocenters. The van der Waals surface area contributed by atoms with Crippen LogP contribution in [-0.2, 0) is 9.59 Å². The van der Waals surface area contributed by atoms with Crippen LogP contribution in [0.15, 0.2) is 18.2 Å². The van der Waals surface area contributed by atoms with Crippen LogP contribution in [0, 0.1) is 5.92 Å². The second kappa shape index (κ2) is 5.64. The second-order valence-corrected chi connectivity index (χ2v) is 4.70. The predicted molar refractivity (Wildman–Crippen MR) is 67.7 cm³/mol. The summed E-state index contributed by atoms with van der Waals surface area (Å²) in [5.41, 5.74) is 2.07. The molecule has 102 valence electrons. The first kappa shape index (κ1) is 13.9. The van der Waals surface area contributed by atoms with E-state index >= 15 is 0 Å². The van der Waals surface area contributed by atoms with Crippen LogP contribution < -0.4 is 15.6 Å². The SMILES string of the molecule is O=C1NCC(O)C1C(=O)NOc1cccc(Cl)c1Cl. The van der Waals surface area contributed by atoms with Gasteiger partial charge < -0.3 is 15.3 Å². The summed E-state index contributed by atoms with van der Waals surface area (Å²) in [6.45, 7) is 0.0365. The molecule has 0 aromatic heterocycles. The van der Waals surface area contributed by atoms with Gasteiger partial charge in [-0.05, 0) is 12.1 Å². The standard InChI is InChI=1S/C11H10Cl2N2O4/c12-5-2-1-3-7(9(5)13)19-15-11(18)8-6(16)4-14-10(8)17/h1-3,6,8,16H,4H2,(H,14,17)(H,15,18). The number of benzene rings is 1. The second-order valence-electron chi connectivity index (χ2n) is 3.91. The molecule has 1 saturated heterocycles. The molecular weight excluding hydrogens is 295 g/mol. The van der Waals surface area contributed by atoms with E-state index in [2.05, 4.69) is 10.8 Å². The minimum atomic E-state index is -1.20. The number of hydrogen-bond acceptors (Lipinski definition) is 4. The number of hydrogen-bond donors (Lipinski definition) is 3. The van der Waals surface area contributed by atoms with Crippen LogP contribution in [0.25, 0.3) is 0 Å². The minimum Gasteiger partial charge on any atom is -0.390 e. The van der Waals surface area contributed by atoms with E-state index in [1.165, 1.54) is 6.07 Å². The summed E-state index contributed by atoms with van der Waals surface area (Å²) in [6.07, 6.45) is -1.08. The fourth-order valence-electron chi connectivity index (χ4n) is 1.63. The number of hydroxylamine groups is 1. The Balaban J connectivity index is 2.01. The molecule has 1 aliphatic rings. The van der Waals surface area contributed by atoms with E-state index in [4.69, 9.17) is 28.0 Å². The van der Waals surface area contributed by atoms with Crippen LogP contribution in [0.2, 0.25) is 10.0 Å². The summed E-state index contributed by atoms with van der Waals surface area (Å²) in [7, 11) is 0. The third-order valence-corrected chi connectivity index (χ3v) is 3.41. The van der Waals surface area contributed by atoms with Crippen molar-refractivity contribution < 1.29 is 19.5 Å². The lowest BCUT2D eigenvalue weighted by Gasteiger charge is -2.13. The van der Waals surface area contributed by atoms with Crippen molar-refractivity contribution >= 4 is 35.0 Å². The highest BCUT2D eigenvalue weighted by molar-refractivity contribution is 6.42. The van der Waals surface area contributed by atoms with Gasteiger partial charge in [0, 0.05) is 6.54 Å². The van der Waals surface area contributed by atoms with Crippen molar-refractivity contribution in [3.63, 3.8) is 0 Å².